The van der Waals surface area contributed by atoms with Crippen LogP contribution in [-0.2, 0) is 16.0 Å². The number of benzene rings is 1. The Hall–Kier alpha value is -2.61. The molecule has 4 fully saturated rings. The maximum atomic E-state index is 13.3. The number of hydrogen-bond acceptors (Lipinski definition) is 5. The lowest BCUT2D eigenvalue weighted by molar-refractivity contribution is -0.140. The molecule has 3 N–H and O–H groups in total. The van der Waals surface area contributed by atoms with Crippen LogP contribution in [-0.4, -0.2) is 27.5 Å². The molecule has 1 aromatic carbocycles. The number of nitrogens with zero attached hydrogens (tertiary/aromatic N) is 1. The number of carbonyl (C=O) groups excluding carboxylic acids is 2. The first-order valence-electron chi connectivity index (χ1n) is 12.4. The molecule has 2 aromatic rings. The molecule has 6 rings (SSSR count). The van der Waals surface area contributed by atoms with Gasteiger partial charge in [-0.15, -0.1) is 0 Å². The van der Waals surface area contributed by atoms with Crippen molar-refractivity contribution in [1.82, 2.24) is 9.97 Å². The number of carbonyl (C=O) groups is 2. The SMILES string of the molecule is CCCc1cc(=O)[nH]c(SCC(=O)Nc2cccc(NC(=O)C34CC5CC(CC(C5)C3)C4)c2)n1. The maximum absolute atomic E-state index is 13.3. The highest BCUT2D eigenvalue weighted by molar-refractivity contribution is 7.99. The van der Waals surface area contributed by atoms with Gasteiger partial charge in [0.05, 0.1) is 11.2 Å². The molecule has 34 heavy (non-hydrogen) atoms. The highest BCUT2D eigenvalue weighted by Gasteiger charge is 2.54. The number of hydrogen-bond donors (Lipinski definition) is 3. The average Bonchev–Trinajstić information content (AvgIpc) is 2.77. The third-order valence-corrected chi connectivity index (χ3v) is 8.42. The van der Waals surface area contributed by atoms with Crippen LogP contribution in [0.25, 0.3) is 0 Å². The van der Waals surface area contributed by atoms with Gasteiger partial charge in [0.2, 0.25) is 11.8 Å². The molecule has 4 bridgehead atoms. The fraction of sp³-hybridized carbons (Fsp3) is 0.538. The molecule has 1 aromatic heterocycles. The number of amides is 2. The average molecular weight is 481 g/mol. The molecule has 4 saturated carbocycles. The molecule has 0 saturated heterocycles. The summed E-state index contributed by atoms with van der Waals surface area (Å²) in [5, 5.41) is 6.48. The molecular weight excluding hydrogens is 448 g/mol. The first-order valence-corrected chi connectivity index (χ1v) is 13.3. The van der Waals surface area contributed by atoms with Crippen molar-refractivity contribution in [3.05, 3.63) is 46.4 Å². The molecule has 1 heterocycles. The predicted molar refractivity (Wildman–Crippen MR) is 134 cm³/mol. The van der Waals surface area contributed by atoms with E-state index in [0.29, 0.717) is 34.3 Å². The molecule has 4 aliphatic carbocycles. The molecule has 2 amide bonds. The largest absolute Gasteiger partial charge is 0.326 e. The lowest BCUT2D eigenvalue weighted by Gasteiger charge is -2.55. The van der Waals surface area contributed by atoms with Crippen LogP contribution in [0.3, 0.4) is 0 Å². The Labute approximate surface area is 203 Å². The van der Waals surface area contributed by atoms with Gasteiger partial charge in [-0.05, 0) is 80.9 Å². The molecule has 0 aliphatic heterocycles. The molecule has 0 atom stereocenters. The minimum atomic E-state index is -0.207. The predicted octanol–water partition coefficient (Wildman–Crippen LogP) is 4.61. The number of aromatic nitrogens is 2. The summed E-state index contributed by atoms with van der Waals surface area (Å²) in [5.41, 5.74) is 1.67. The van der Waals surface area contributed by atoms with Crippen LogP contribution in [0, 0.1) is 23.2 Å². The van der Waals surface area contributed by atoms with E-state index in [4.69, 9.17) is 0 Å². The van der Waals surface area contributed by atoms with Crippen molar-refractivity contribution in [2.75, 3.05) is 16.4 Å². The first-order chi connectivity index (χ1) is 16.4. The van der Waals surface area contributed by atoms with E-state index in [1.54, 1.807) is 0 Å². The Kier molecular flexibility index (Phi) is 6.51. The van der Waals surface area contributed by atoms with E-state index < -0.39 is 0 Å². The summed E-state index contributed by atoms with van der Waals surface area (Å²) in [5.74, 6) is 2.22. The van der Waals surface area contributed by atoms with E-state index in [0.717, 1.165) is 37.8 Å². The Balaban J connectivity index is 1.18. The van der Waals surface area contributed by atoms with Gasteiger partial charge in [-0.3, -0.25) is 14.4 Å². The Morgan fingerprint density at radius 1 is 1.06 bits per heavy atom. The number of rotatable bonds is 8. The van der Waals surface area contributed by atoms with Gasteiger partial charge in [0, 0.05) is 23.1 Å². The minimum absolute atomic E-state index is 0.127. The quantitative estimate of drug-likeness (QED) is 0.378. The summed E-state index contributed by atoms with van der Waals surface area (Å²) in [6.07, 6.45) is 8.60. The highest BCUT2D eigenvalue weighted by atomic mass is 32.2. The number of aromatic amines is 1. The third kappa shape index (κ3) is 5.06. The van der Waals surface area contributed by atoms with Crippen molar-refractivity contribution in [3.8, 4) is 0 Å². The Morgan fingerprint density at radius 2 is 1.71 bits per heavy atom. The lowest BCUT2D eigenvalue weighted by Crippen LogP contribution is -2.51. The van der Waals surface area contributed by atoms with Crippen LogP contribution >= 0.6 is 11.8 Å². The minimum Gasteiger partial charge on any atom is -0.326 e. The normalized spacial score (nSPS) is 26.9. The van der Waals surface area contributed by atoms with Gasteiger partial charge in [-0.25, -0.2) is 4.98 Å². The van der Waals surface area contributed by atoms with Crippen LogP contribution in [0.1, 0.15) is 57.6 Å². The summed E-state index contributed by atoms with van der Waals surface area (Å²) in [6, 6.07) is 8.83. The smallest absolute Gasteiger partial charge is 0.251 e. The molecule has 180 valence electrons. The van der Waals surface area contributed by atoms with Gasteiger partial charge in [0.25, 0.3) is 5.56 Å². The van der Waals surface area contributed by atoms with Gasteiger partial charge in [-0.2, -0.15) is 0 Å². The van der Waals surface area contributed by atoms with Crippen molar-refractivity contribution >= 4 is 35.0 Å². The summed E-state index contributed by atoms with van der Waals surface area (Å²) < 4.78 is 0. The molecule has 0 radical (unpaired) electrons. The zero-order valence-corrected chi connectivity index (χ0v) is 20.4. The topological polar surface area (TPSA) is 104 Å². The first kappa shape index (κ1) is 23.1. The number of nitrogens with one attached hydrogen (secondary N) is 3. The van der Waals surface area contributed by atoms with Gasteiger partial charge >= 0.3 is 0 Å². The number of aryl methyl sites for hydroxylation is 1. The van der Waals surface area contributed by atoms with Crippen LogP contribution in [0.15, 0.2) is 40.3 Å². The van der Waals surface area contributed by atoms with Gasteiger partial charge in [0.15, 0.2) is 5.16 Å². The second kappa shape index (κ2) is 9.56. The molecule has 0 spiro atoms. The van der Waals surface area contributed by atoms with Gasteiger partial charge < -0.3 is 15.6 Å². The monoisotopic (exact) mass is 480 g/mol. The zero-order valence-electron chi connectivity index (χ0n) is 19.6. The molecule has 8 heteroatoms. The Bertz CT molecular complexity index is 1110. The van der Waals surface area contributed by atoms with Crippen molar-refractivity contribution in [2.24, 2.45) is 23.2 Å². The van der Waals surface area contributed by atoms with Crippen LogP contribution in [0.2, 0.25) is 0 Å². The summed E-state index contributed by atoms with van der Waals surface area (Å²) in [7, 11) is 0. The Morgan fingerprint density at radius 3 is 2.35 bits per heavy atom. The summed E-state index contributed by atoms with van der Waals surface area (Å²) in [4.78, 5) is 44.7. The standard InChI is InChI=1S/C26H32N4O3S/c1-2-4-19-11-22(31)30-25(29-19)34-15-23(32)27-20-5-3-6-21(10-20)28-24(33)26-12-16-7-17(13-26)9-18(8-16)14-26/h3,5-6,10-11,16-18H,2,4,7-9,12-15H2,1H3,(H,27,32)(H,28,33)(H,29,30,31). The van der Waals surface area contributed by atoms with Gasteiger partial charge in [-0.1, -0.05) is 31.2 Å². The molecule has 0 unspecified atom stereocenters. The van der Waals surface area contributed by atoms with Gasteiger partial charge in [0.1, 0.15) is 0 Å². The second-order valence-corrected chi connectivity index (χ2v) is 11.3. The highest BCUT2D eigenvalue weighted by Crippen LogP contribution is 2.60. The fourth-order valence-electron chi connectivity index (χ4n) is 6.59. The molecule has 7 nitrogen and oxygen atoms in total. The maximum Gasteiger partial charge on any atom is 0.251 e. The second-order valence-electron chi connectivity index (χ2n) is 10.4. The van der Waals surface area contributed by atoms with E-state index >= 15 is 0 Å². The van der Waals surface area contributed by atoms with E-state index in [2.05, 4.69) is 20.6 Å². The van der Waals surface area contributed by atoms with Crippen molar-refractivity contribution in [3.63, 3.8) is 0 Å². The molecule has 4 aliphatic rings. The van der Waals surface area contributed by atoms with Crippen molar-refractivity contribution < 1.29 is 9.59 Å². The number of H-pyrrole nitrogens is 1. The fourth-order valence-corrected chi connectivity index (χ4v) is 7.29. The van der Waals surface area contributed by atoms with E-state index in [9.17, 15) is 14.4 Å². The van der Waals surface area contributed by atoms with Crippen molar-refractivity contribution in [2.45, 2.75) is 63.4 Å². The third-order valence-electron chi connectivity index (χ3n) is 7.54. The van der Waals surface area contributed by atoms with E-state index in [1.807, 2.05) is 31.2 Å². The number of thioether (sulfide) groups is 1. The van der Waals surface area contributed by atoms with E-state index in [-0.39, 0.29) is 28.5 Å². The summed E-state index contributed by atoms with van der Waals surface area (Å²) in [6.45, 7) is 2.03. The van der Waals surface area contributed by atoms with Crippen LogP contribution in [0.5, 0.6) is 0 Å². The van der Waals surface area contributed by atoms with Crippen LogP contribution < -0.4 is 16.2 Å². The summed E-state index contributed by atoms with van der Waals surface area (Å²) >= 11 is 1.20. The van der Waals surface area contributed by atoms with Crippen molar-refractivity contribution in [1.29, 1.82) is 0 Å². The molecular formula is C26H32N4O3S. The van der Waals surface area contributed by atoms with Crippen LogP contribution in [0.4, 0.5) is 11.4 Å². The van der Waals surface area contributed by atoms with E-state index in [1.165, 1.54) is 37.1 Å². The zero-order chi connectivity index (χ0) is 23.7. The number of anilines is 2. The lowest BCUT2D eigenvalue weighted by atomic mass is 9.49.